The predicted molar refractivity (Wildman–Crippen MR) is 159 cm³/mol. The number of furan rings is 1. The van der Waals surface area contributed by atoms with Crippen LogP contribution >= 0.6 is 0 Å². The highest BCUT2D eigenvalue weighted by Crippen LogP contribution is 2.16. The van der Waals surface area contributed by atoms with Crippen LogP contribution < -0.4 is 27.8 Å². The Balaban J connectivity index is 0.00000227. The molecule has 3 amide bonds. The topological polar surface area (TPSA) is 283 Å². The molecule has 44 heavy (non-hydrogen) atoms. The quantitative estimate of drug-likeness (QED) is 0.0415. The lowest BCUT2D eigenvalue weighted by Crippen LogP contribution is -2.53. The van der Waals surface area contributed by atoms with Crippen molar-refractivity contribution in [3.63, 3.8) is 0 Å². The number of hydrogen-bond acceptors (Lipinski definition) is 10. The maximum Gasteiger partial charge on any atom is 0.433 e. The predicted octanol–water partition coefficient (Wildman–Crippen LogP) is -0.400. The summed E-state index contributed by atoms with van der Waals surface area (Å²) in [6.07, 6.45) is 0.984. The van der Waals surface area contributed by atoms with Crippen LogP contribution in [0.5, 0.6) is 5.75 Å². The number of carbonyl (C=O) groups excluding carboxylic acids is 3. The van der Waals surface area contributed by atoms with E-state index in [0.29, 0.717) is 18.7 Å². The molecule has 2 rings (SSSR count). The highest BCUT2D eigenvalue weighted by molar-refractivity contribution is 5.91. The zero-order valence-electron chi connectivity index (χ0n) is 24.6. The summed E-state index contributed by atoms with van der Waals surface area (Å²) in [6.45, 7) is 3.30. The van der Waals surface area contributed by atoms with E-state index in [9.17, 15) is 29.6 Å². The fourth-order valence-corrected chi connectivity index (χ4v) is 3.73. The van der Waals surface area contributed by atoms with Gasteiger partial charge in [0.25, 0.3) is 5.97 Å². The van der Waals surface area contributed by atoms with E-state index in [1.165, 1.54) is 29.2 Å². The van der Waals surface area contributed by atoms with Crippen LogP contribution in [-0.2, 0) is 32.0 Å². The van der Waals surface area contributed by atoms with Crippen LogP contribution in [0.2, 0.25) is 0 Å². The third kappa shape index (κ3) is 14.6. The molecule has 0 aliphatic heterocycles. The number of likely N-dealkylation sites (N-methyl/N-ethyl adjacent to an activating group) is 1. The molecule has 0 saturated carbocycles. The van der Waals surface area contributed by atoms with E-state index >= 15 is 0 Å². The number of amides is 3. The summed E-state index contributed by atoms with van der Waals surface area (Å²) < 4.78 is 5.12. The van der Waals surface area contributed by atoms with Gasteiger partial charge in [-0.25, -0.2) is 0 Å². The van der Waals surface area contributed by atoms with Gasteiger partial charge in [-0.05, 0) is 49.9 Å². The Labute approximate surface area is 253 Å². The minimum absolute atomic E-state index is 0.0837. The van der Waals surface area contributed by atoms with Crippen LogP contribution in [0.3, 0.4) is 0 Å². The van der Waals surface area contributed by atoms with Gasteiger partial charge in [0.05, 0.1) is 18.7 Å². The molecule has 10 N–H and O–H groups in total. The van der Waals surface area contributed by atoms with Gasteiger partial charge in [0, 0.05) is 33.0 Å². The largest absolute Gasteiger partial charge is 0.508 e. The van der Waals surface area contributed by atoms with Crippen LogP contribution in [0.1, 0.15) is 38.0 Å². The number of aromatic hydroxyl groups is 1. The molecule has 1 aromatic carbocycles. The molecule has 0 unspecified atom stereocenters. The fraction of sp³-hybridized carbons (Fsp3) is 0.444. The van der Waals surface area contributed by atoms with Crippen molar-refractivity contribution in [2.75, 3.05) is 26.2 Å². The molecule has 2 aromatic rings. The van der Waals surface area contributed by atoms with Crippen molar-refractivity contribution in [3.8, 4) is 5.75 Å². The van der Waals surface area contributed by atoms with Crippen LogP contribution in [0, 0.1) is 10.1 Å². The summed E-state index contributed by atoms with van der Waals surface area (Å²) in [5, 5.41) is 32.8. The van der Waals surface area contributed by atoms with Crippen LogP contribution in [0.15, 0.2) is 45.8 Å². The Bertz CT molecular complexity index is 1270. The van der Waals surface area contributed by atoms with Gasteiger partial charge in [0.2, 0.25) is 17.7 Å². The van der Waals surface area contributed by atoms with Crippen LogP contribution in [0.4, 0.5) is 5.88 Å². The SMILES string of the molecule is CC(=O)O.CCN(CCc1ccc([N+](=O)[O-])o1)C(=O)CNC(=O)[C@@H](CCCN=C(N)N)NC(=O)[C@@H](N)Cc1ccc(O)cc1. The average Bonchev–Trinajstić information content (AvgIpc) is 3.44. The first-order valence-corrected chi connectivity index (χ1v) is 13.6. The van der Waals surface area contributed by atoms with E-state index in [1.54, 1.807) is 19.1 Å². The van der Waals surface area contributed by atoms with Gasteiger partial charge in [-0.15, -0.1) is 0 Å². The van der Waals surface area contributed by atoms with Gasteiger partial charge >= 0.3 is 5.88 Å². The number of aliphatic carboxylic acids is 1. The fourth-order valence-electron chi connectivity index (χ4n) is 3.73. The van der Waals surface area contributed by atoms with E-state index < -0.39 is 34.8 Å². The van der Waals surface area contributed by atoms with Gasteiger partial charge in [0.1, 0.15) is 22.5 Å². The third-order valence-electron chi connectivity index (χ3n) is 5.91. The number of hydrogen-bond donors (Lipinski definition) is 7. The van der Waals surface area contributed by atoms with Gasteiger partial charge in [0.15, 0.2) is 5.96 Å². The number of carboxylic acids is 1. The van der Waals surface area contributed by atoms with Crippen molar-refractivity contribution in [1.29, 1.82) is 0 Å². The molecule has 0 aliphatic rings. The van der Waals surface area contributed by atoms with E-state index in [4.69, 9.17) is 31.5 Å². The lowest BCUT2D eigenvalue weighted by atomic mass is 10.0. The molecule has 0 spiro atoms. The van der Waals surface area contributed by atoms with Crippen molar-refractivity contribution in [3.05, 3.63) is 57.8 Å². The summed E-state index contributed by atoms with van der Waals surface area (Å²) >= 11 is 0. The zero-order valence-corrected chi connectivity index (χ0v) is 24.6. The highest BCUT2D eigenvalue weighted by Gasteiger charge is 2.25. The maximum atomic E-state index is 13.0. The molecule has 0 fully saturated rings. The number of nitrogens with two attached hydrogens (primary N) is 3. The van der Waals surface area contributed by atoms with E-state index in [-0.39, 0.29) is 62.4 Å². The van der Waals surface area contributed by atoms with Gasteiger partial charge in [-0.3, -0.25) is 34.3 Å². The van der Waals surface area contributed by atoms with Crippen molar-refractivity contribution >= 4 is 35.5 Å². The Morgan fingerprint density at radius 3 is 2.30 bits per heavy atom. The Morgan fingerprint density at radius 2 is 1.75 bits per heavy atom. The maximum absolute atomic E-state index is 13.0. The normalized spacial score (nSPS) is 11.6. The lowest BCUT2D eigenvalue weighted by molar-refractivity contribution is -0.402. The number of benzene rings is 1. The smallest absolute Gasteiger partial charge is 0.433 e. The Hall–Kier alpha value is -5.19. The number of rotatable bonds is 16. The number of carbonyl (C=O) groups is 4. The highest BCUT2D eigenvalue weighted by atomic mass is 16.6. The summed E-state index contributed by atoms with van der Waals surface area (Å²) in [5.74, 6) is -2.41. The van der Waals surface area contributed by atoms with Crippen molar-refractivity contribution in [1.82, 2.24) is 15.5 Å². The molecular weight excluding hydrogens is 580 g/mol. The molecule has 2 atom stereocenters. The minimum atomic E-state index is -1.00. The van der Waals surface area contributed by atoms with Crippen LogP contribution in [0.25, 0.3) is 0 Å². The molecule has 17 nitrogen and oxygen atoms in total. The summed E-state index contributed by atoms with van der Waals surface area (Å²) in [5.41, 5.74) is 17.4. The van der Waals surface area contributed by atoms with Crippen molar-refractivity contribution < 1.29 is 38.7 Å². The molecule has 0 bridgehead atoms. The number of phenols is 1. The standard InChI is InChI=1S/C25H36N8O7.C2H4O2/c1-2-32(13-11-18-9-10-22(40-18)33(38)39)21(35)15-30-24(37)20(4-3-12-29-25(27)28)31-23(36)19(26)14-16-5-7-17(34)8-6-16;1-2(3)4/h5-10,19-20,34H,2-4,11-15,26H2,1H3,(H,30,37)(H,31,36)(H4,27,28,29);1H3,(H,3,4)/t19-,20+;/m0./s1. The third-order valence-corrected chi connectivity index (χ3v) is 5.91. The zero-order chi connectivity index (χ0) is 33.2. The lowest BCUT2D eigenvalue weighted by Gasteiger charge is -2.23. The number of nitro groups is 1. The number of guanidine groups is 1. The molecule has 0 saturated heterocycles. The Morgan fingerprint density at radius 1 is 1.11 bits per heavy atom. The second-order valence-corrected chi connectivity index (χ2v) is 9.44. The summed E-state index contributed by atoms with van der Waals surface area (Å²) in [6, 6.07) is 6.99. The summed E-state index contributed by atoms with van der Waals surface area (Å²) in [4.78, 5) is 62.9. The van der Waals surface area contributed by atoms with Gasteiger partial charge in [-0.2, -0.15) is 0 Å². The molecule has 1 aromatic heterocycles. The molecule has 17 heteroatoms. The van der Waals surface area contributed by atoms with Crippen LogP contribution in [-0.4, -0.2) is 87.9 Å². The molecule has 242 valence electrons. The van der Waals surface area contributed by atoms with E-state index in [1.807, 2.05) is 0 Å². The Kier molecular flexibility index (Phi) is 16.0. The van der Waals surface area contributed by atoms with Gasteiger partial charge in [-0.1, -0.05) is 12.1 Å². The average molecular weight is 621 g/mol. The monoisotopic (exact) mass is 620 g/mol. The number of carboxylic acid groups (broad SMARTS) is 1. The number of nitrogens with zero attached hydrogens (tertiary/aromatic N) is 3. The molecule has 0 aliphatic carbocycles. The van der Waals surface area contributed by atoms with E-state index in [0.717, 1.165) is 12.5 Å². The van der Waals surface area contributed by atoms with Crippen molar-refractivity contribution in [2.45, 2.75) is 51.6 Å². The number of nitrogens with one attached hydrogen (secondary N) is 2. The molecule has 1 heterocycles. The molecular formula is C27H40N8O9. The second kappa shape index (κ2) is 19.1. The van der Waals surface area contributed by atoms with E-state index in [2.05, 4.69) is 15.6 Å². The van der Waals surface area contributed by atoms with Crippen molar-refractivity contribution in [2.24, 2.45) is 22.2 Å². The number of phenolic OH excluding ortho intramolecular Hbond substituents is 1. The first kappa shape index (κ1) is 36.8. The first-order chi connectivity index (χ1) is 20.7. The second-order valence-electron chi connectivity index (χ2n) is 9.44. The first-order valence-electron chi connectivity index (χ1n) is 13.6. The van der Waals surface area contributed by atoms with Gasteiger partial charge < -0.3 is 47.4 Å². The summed E-state index contributed by atoms with van der Waals surface area (Å²) in [7, 11) is 0. The minimum Gasteiger partial charge on any atom is -0.508 e. The molecule has 0 radical (unpaired) electrons. The number of aliphatic imine (C=N–C) groups is 1.